The van der Waals surface area contributed by atoms with E-state index in [2.05, 4.69) is 10.3 Å². The highest BCUT2D eigenvalue weighted by Crippen LogP contribution is 2.23. The number of nitro groups is 1. The van der Waals surface area contributed by atoms with E-state index in [4.69, 9.17) is 4.74 Å². The molecule has 1 amide bonds. The normalized spacial score (nSPS) is 16.6. The molecule has 7 nitrogen and oxygen atoms in total. The third-order valence-electron chi connectivity index (χ3n) is 3.49. The number of nitrogens with one attached hydrogen (secondary N) is 1. The molecule has 1 aliphatic heterocycles. The summed E-state index contributed by atoms with van der Waals surface area (Å²) in [5, 5.41) is 13.4. The number of amides is 1. The number of non-ortho nitro benzene ring substituents is 1. The largest absolute Gasteiger partial charge is 0.473 e. The predicted octanol–water partition coefficient (Wildman–Crippen LogP) is 3.13. The maximum Gasteiger partial charge on any atom is 0.271 e. The molecule has 1 aliphatic rings. The van der Waals surface area contributed by atoms with Crippen molar-refractivity contribution in [1.29, 1.82) is 0 Å². The lowest BCUT2D eigenvalue weighted by atomic mass is 10.2. The summed E-state index contributed by atoms with van der Waals surface area (Å²) in [4.78, 5) is 26.7. The SMILES string of the molecule is O=C(Nc1cccc([N+](=O)[O-])c1)c1ccnc(OC2CCSC2)c1. The average Bonchev–Trinajstić information content (AvgIpc) is 3.08. The van der Waals surface area contributed by atoms with Gasteiger partial charge in [-0.25, -0.2) is 4.98 Å². The van der Waals surface area contributed by atoms with Gasteiger partial charge in [-0.3, -0.25) is 14.9 Å². The number of thioether (sulfide) groups is 1. The smallest absolute Gasteiger partial charge is 0.271 e. The Morgan fingerprint density at radius 2 is 2.25 bits per heavy atom. The molecule has 124 valence electrons. The predicted molar refractivity (Wildman–Crippen MR) is 91.6 cm³/mol. The van der Waals surface area contributed by atoms with Crippen LogP contribution in [0.4, 0.5) is 11.4 Å². The van der Waals surface area contributed by atoms with Gasteiger partial charge in [-0.1, -0.05) is 6.07 Å². The Labute approximate surface area is 142 Å². The van der Waals surface area contributed by atoms with Crippen LogP contribution in [-0.4, -0.2) is 33.4 Å². The molecule has 1 saturated heterocycles. The molecule has 8 heteroatoms. The summed E-state index contributed by atoms with van der Waals surface area (Å²) in [6, 6.07) is 8.95. The van der Waals surface area contributed by atoms with Crippen LogP contribution in [0.3, 0.4) is 0 Å². The van der Waals surface area contributed by atoms with Crippen molar-refractivity contribution in [1.82, 2.24) is 4.98 Å². The van der Waals surface area contributed by atoms with Crippen LogP contribution in [0.5, 0.6) is 5.88 Å². The van der Waals surface area contributed by atoms with Gasteiger partial charge in [-0.05, 0) is 24.3 Å². The molecule has 1 N–H and O–H groups in total. The summed E-state index contributed by atoms with van der Waals surface area (Å²) < 4.78 is 5.77. The first-order valence-electron chi connectivity index (χ1n) is 7.38. The van der Waals surface area contributed by atoms with E-state index in [-0.39, 0.29) is 17.7 Å². The van der Waals surface area contributed by atoms with E-state index in [1.165, 1.54) is 24.4 Å². The van der Waals surface area contributed by atoms with Crippen molar-refractivity contribution in [3.05, 3.63) is 58.3 Å². The molecular formula is C16H15N3O4S. The maximum absolute atomic E-state index is 12.3. The average molecular weight is 345 g/mol. The number of carbonyl (C=O) groups excluding carboxylic acids is 1. The Bertz CT molecular complexity index is 762. The number of anilines is 1. The Balaban J connectivity index is 1.70. The van der Waals surface area contributed by atoms with Gasteiger partial charge in [-0.15, -0.1) is 0 Å². The fourth-order valence-corrected chi connectivity index (χ4v) is 3.39. The van der Waals surface area contributed by atoms with Gasteiger partial charge in [0.1, 0.15) is 6.10 Å². The minimum Gasteiger partial charge on any atom is -0.473 e. The number of nitrogens with zero attached hydrogens (tertiary/aromatic N) is 2. The maximum atomic E-state index is 12.3. The highest BCUT2D eigenvalue weighted by Gasteiger charge is 2.18. The minimum absolute atomic E-state index is 0.0784. The molecule has 0 aliphatic carbocycles. The van der Waals surface area contributed by atoms with E-state index in [1.54, 1.807) is 18.2 Å². The molecule has 0 bridgehead atoms. The van der Waals surface area contributed by atoms with Gasteiger partial charge >= 0.3 is 0 Å². The van der Waals surface area contributed by atoms with Crippen LogP contribution < -0.4 is 10.1 Å². The van der Waals surface area contributed by atoms with Crippen LogP contribution in [0.15, 0.2) is 42.6 Å². The van der Waals surface area contributed by atoms with Gasteiger partial charge in [0.15, 0.2) is 0 Å². The number of rotatable bonds is 5. The third-order valence-corrected chi connectivity index (χ3v) is 4.62. The van der Waals surface area contributed by atoms with Crippen molar-refractivity contribution in [3.8, 4) is 5.88 Å². The van der Waals surface area contributed by atoms with Crippen LogP contribution in [0.25, 0.3) is 0 Å². The first-order chi connectivity index (χ1) is 11.6. The molecular weight excluding hydrogens is 330 g/mol. The lowest BCUT2D eigenvalue weighted by Gasteiger charge is -2.12. The van der Waals surface area contributed by atoms with Gasteiger partial charge < -0.3 is 10.1 Å². The van der Waals surface area contributed by atoms with E-state index in [1.807, 2.05) is 11.8 Å². The molecule has 2 heterocycles. The van der Waals surface area contributed by atoms with Crippen LogP contribution in [0.2, 0.25) is 0 Å². The van der Waals surface area contributed by atoms with Crippen molar-refractivity contribution in [2.24, 2.45) is 0 Å². The number of hydrogen-bond donors (Lipinski definition) is 1. The van der Waals surface area contributed by atoms with Gasteiger partial charge in [0.25, 0.3) is 11.6 Å². The van der Waals surface area contributed by atoms with Crippen molar-refractivity contribution < 1.29 is 14.5 Å². The molecule has 0 radical (unpaired) electrons. The number of aromatic nitrogens is 1. The van der Waals surface area contributed by atoms with E-state index < -0.39 is 4.92 Å². The van der Waals surface area contributed by atoms with Crippen LogP contribution >= 0.6 is 11.8 Å². The van der Waals surface area contributed by atoms with E-state index >= 15 is 0 Å². The Kier molecular flexibility index (Phi) is 4.95. The van der Waals surface area contributed by atoms with E-state index in [0.29, 0.717) is 17.1 Å². The second-order valence-electron chi connectivity index (χ2n) is 5.25. The quantitative estimate of drug-likeness (QED) is 0.661. The Hall–Kier alpha value is -2.61. The summed E-state index contributed by atoms with van der Waals surface area (Å²) in [6.07, 6.45) is 2.61. The molecule has 1 atom stereocenters. The monoisotopic (exact) mass is 345 g/mol. The number of carbonyl (C=O) groups is 1. The summed E-state index contributed by atoms with van der Waals surface area (Å²) in [5.74, 6) is 2.03. The van der Waals surface area contributed by atoms with Crippen molar-refractivity contribution in [2.45, 2.75) is 12.5 Å². The fourth-order valence-electron chi connectivity index (χ4n) is 2.29. The highest BCUT2D eigenvalue weighted by atomic mass is 32.2. The molecule has 24 heavy (non-hydrogen) atoms. The standard InChI is InChI=1S/C16H15N3O4S/c20-16(18-12-2-1-3-13(9-12)19(21)22)11-4-6-17-15(8-11)23-14-5-7-24-10-14/h1-4,6,8-9,14H,5,7,10H2,(H,18,20). The molecule has 1 aromatic heterocycles. The number of pyridine rings is 1. The summed E-state index contributed by atoms with van der Waals surface area (Å²) in [5.41, 5.74) is 0.670. The zero-order valence-electron chi connectivity index (χ0n) is 12.7. The van der Waals surface area contributed by atoms with E-state index in [9.17, 15) is 14.9 Å². The van der Waals surface area contributed by atoms with Gasteiger partial charge in [-0.2, -0.15) is 11.8 Å². The number of nitro benzene ring substituents is 1. The molecule has 3 rings (SSSR count). The van der Waals surface area contributed by atoms with Crippen molar-refractivity contribution in [2.75, 3.05) is 16.8 Å². The van der Waals surface area contributed by atoms with E-state index in [0.717, 1.165) is 17.9 Å². The first-order valence-corrected chi connectivity index (χ1v) is 8.53. The summed E-state index contributed by atoms with van der Waals surface area (Å²) >= 11 is 1.83. The molecule has 1 unspecified atom stereocenters. The Morgan fingerprint density at radius 3 is 3.00 bits per heavy atom. The van der Waals surface area contributed by atoms with Crippen molar-refractivity contribution in [3.63, 3.8) is 0 Å². The van der Waals surface area contributed by atoms with Gasteiger partial charge in [0, 0.05) is 41.4 Å². The van der Waals surface area contributed by atoms with Gasteiger partial charge in [0.05, 0.1) is 4.92 Å². The topological polar surface area (TPSA) is 94.4 Å². The van der Waals surface area contributed by atoms with Gasteiger partial charge in [0.2, 0.25) is 5.88 Å². The molecule has 1 aromatic carbocycles. The molecule has 2 aromatic rings. The van der Waals surface area contributed by atoms with Crippen LogP contribution in [0, 0.1) is 10.1 Å². The highest BCUT2D eigenvalue weighted by molar-refractivity contribution is 7.99. The van der Waals surface area contributed by atoms with Crippen molar-refractivity contribution >= 4 is 29.0 Å². The number of hydrogen-bond acceptors (Lipinski definition) is 6. The summed E-state index contributed by atoms with van der Waals surface area (Å²) in [6.45, 7) is 0. The minimum atomic E-state index is -0.506. The number of benzene rings is 1. The molecule has 1 fully saturated rings. The molecule has 0 spiro atoms. The second kappa shape index (κ2) is 7.31. The third kappa shape index (κ3) is 4.02. The molecule has 0 saturated carbocycles. The number of ether oxygens (including phenoxy) is 1. The van der Waals surface area contributed by atoms with Crippen LogP contribution in [0.1, 0.15) is 16.8 Å². The lowest BCUT2D eigenvalue weighted by Crippen LogP contribution is -2.17. The second-order valence-corrected chi connectivity index (χ2v) is 6.40. The Morgan fingerprint density at radius 1 is 1.38 bits per heavy atom. The zero-order chi connectivity index (χ0) is 16.9. The van der Waals surface area contributed by atoms with Crippen LogP contribution in [-0.2, 0) is 0 Å². The summed E-state index contributed by atoms with van der Waals surface area (Å²) in [7, 11) is 0. The zero-order valence-corrected chi connectivity index (χ0v) is 13.5. The fraction of sp³-hybridized carbons (Fsp3) is 0.250. The first kappa shape index (κ1) is 16.3. The lowest BCUT2D eigenvalue weighted by molar-refractivity contribution is -0.384.